The number of hydrogen-bond donors (Lipinski definition) is 0. The van der Waals surface area contributed by atoms with E-state index in [1.165, 1.54) is 112 Å². The summed E-state index contributed by atoms with van der Waals surface area (Å²) in [6.07, 6.45) is 12.3. The average molecular weight is 593 g/mol. The molecule has 1 fully saturated rings. The van der Waals surface area contributed by atoms with Gasteiger partial charge in [0.15, 0.2) is 0 Å². The number of hydrogen-bond acceptors (Lipinski definition) is 2. The second-order valence-electron chi connectivity index (χ2n) is 15.0. The quantitative estimate of drug-likeness (QED) is 0.154. The standard InChI is InChI=1S/C41H57BO2/c1-11-13-15-17-19-32-21-28(3)22-33(26-32)41(10)36-25-30(5)29(4)23-34(36)35-24-31(6)38(27-37(35)41)42-43-39(7,8)40(9,44-42)20-18-16-14-12-2/h21-27H,11-20H2,1-10H3. The molecule has 0 saturated carbocycles. The number of rotatable bonds is 12. The number of fused-ring (bicyclic) bond motifs is 3. The van der Waals surface area contributed by atoms with Crippen molar-refractivity contribution >= 4 is 12.6 Å². The van der Waals surface area contributed by atoms with Gasteiger partial charge in [-0.05, 0) is 125 Å². The molecule has 0 aromatic heterocycles. The number of aryl methyl sites for hydroxylation is 5. The van der Waals surface area contributed by atoms with E-state index in [0.29, 0.717) is 0 Å². The van der Waals surface area contributed by atoms with Gasteiger partial charge in [0.05, 0.1) is 11.2 Å². The molecule has 3 aromatic rings. The maximum Gasteiger partial charge on any atom is 0.495 e. The van der Waals surface area contributed by atoms with Crippen molar-refractivity contribution in [1.29, 1.82) is 0 Å². The van der Waals surface area contributed by atoms with Gasteiger partial charge in [-0.25, -0.2) is 0 Å². The van der Waals surface area contributed by atoms with Gasteiger partial charge < -0.3 is 9.31 Å². The lowest BCUT2D eigenvalue weighted by Crippen LogP contribution is -2.44. The lowest BCUT2D eigenvalue weighted by Gasteiger charge is -2.36. The van der Waals surface area contributed by atoms with E-state index in [9.17, 15) is 0 Å². The highest BCUT2D eigenvalue weighted by atomic mass is 16.7. The molecule has 0 amide bonds. The lowest BCUT2D eigenvalue weighted by molar-refractivity contribution is -0.0172. The Morgan fingerprint density at radius 3 is 1.91 bits per heavy atom. The van der Waals surface area contributed by atoms with E-state index in [-0.39, 0.29) is 23.7 Å². The van der Waals surface area contributed by atoms with Crippen molar-refractivity contribution in [2.75, 3.05) is 0 Å². The molecule has 3 heteroatoms. The van der Waals surface area contributed by atoms with Crippen LogP contribution >= 0.6 is 0 Å². The van der Waals surface area contributed by atoms with Gasteiger partial charge in [-0.3, -0.25) is 0 Å². The van der Waals surface area contributed by atoms with Gasteiger partial charge in [-0.2, -0.15) is 0 Å². The summed E-state index contributed by atoms with van der Waals surface area (Å²) in [6, 6.07) is 17.1. The molecule has 0 spiro atoms. The van der Waals surface area contributed by atoms with Crippen LogP contribution in [0.4, 0.5) is 0 Å². The largest absolute Gasteiger partial charge is 0.495 e. The fourth-order valence-corrected chi connectivity index (χ4v) is 7.75. The van der Waals surface area contributed by atoms with Gasteiger partial charge >= 0.3 is 7.12 Å². The van der Waals surface area contributed by atoms with Crippen LogP contribution in [0.2, 0.25) is 0 Å². The summed E-state index contributed by atoms with van der Waals surface area (Å²) in [6.45, 7) is 22.7. The average Bonchev–Trinajstić information content (AvgIpc) is 3.34. The van der Waals surface area contributed by atoms with E-state index in [0.717, 1.165) is 12.8 Å². The molecular formula is C41H57BO2. The zero-order valence-electron chi connectivity index (χ0n) is 29.5. The minimum absolute atomic E-state index is 0.257. The summed E-state index contributed by atoms with van der Waals surface area (Å²) >= 11 is 0. The van der Waals surface area contributed by atoms with E-state index in [1.54, 1.807) is 0 Å². The Balaban J connectivity index is 1.59. The Kier molecular flexibility index (Phi) is 9.61. The van der Waals surface area contributed by atoms with E-state index in [1.807, 2.05) is 0 Å². The van der Waals surface area contributed by atoms with Gasteiger partial charge in [-0.1, -0.05) is 112 Å². The van der Waals surface area contributed by atoms with E-state index in [2.05, 4.69) is 112 Å². The van der Waals surface area contributed by atoms with Crippen molar-refractivity contribution < 1.29 is 9.31 Å². The predicted octanol–water partition coefficient (Wildman–Crippen LogP) is 10.6. The van der Waals surface area contributed by atoms with Crippen LogP contribution in [-0.4, -0.2) is 18.3 Å². The highest BCUT2D eigenvalue weighted by molar-refractivity contribution is 6.62. The SMILES string of the molecule is CCCCCCc1cc(C)cc(C2(C)c3cc(C)c(C)cc3-c3cc(C)c(B4OC(C)(C)C(C)(CCCCCC)O4)cc32)c1. The molecule has 2 unspecified atom stereocenters. The van der Waals surface area contributed by atoms with Crippen LogP contribution in [0, 0.1) is 27.7 Å². The van der Waals surface area contributed by atoms with Crippen LogP contribution in [-0.2, 0) is 21.1 Å². The lowest BCUT2D eigenvalue weighted by atomic mass is 9.69. The summed E-state index contributed by atoms with van der Waals surface area (Å²) in [5.41, 5.74) is 13.9. The molecule has 2 atom stereocenters. The first-order valence-electron chi connectivity index (χ1n) is 17.6. The van der Waals surface area contributed by atoms with Crippen molar-refractivity contribution in [3.63, 3.8) is 0 Å². The van der Waals surface area contributed by atoms with Gasteiger partial charge in [0.2, 0.25) is 0 Å². The molecule has 1 heterocycles. The van der Waals surface area contributed by atoms with Gasteiger partial charge in [0, 0.05) is 5.41 Å². The maximum atomic E-state index is 6.94. The highest BCUT2D eigenvalue weighted by Gasteiger charge is 2.55. The highest BCUT2D eigenvalue weighted by Crippen LogP contribution is 2.53. The maximum absolute atomic E-state index is 6.94. The molecule has 236 valence electrons. The van der Waals surface area contributed by atoms with Crippen LogP contribution in [0.25, 0.3) is 11.1 Å². The molecule has 44 heavy (non-hydrogen) atoms. The third-order valence-corrected chi connectivity index (χ3v) is 11.2. The summed E-state index contributed by atoms with van der Waals surface area (Å²) in [5.74, 6) is 0. The molecule has 1 saturated heterocycles. The fraction of sp³-hybridized carbons (Fsp3) is 0.561. The van der Waals surface area contributed by atoms with Crippen molar-refractivity contribution in [3.05, 3.63) is 87.0 Å². The van der Waals surface area contributed by atoms with Crippen molar-refractivity contribution in [3.8, 4) is 11.1 Å². The second kappa shape index (κ2) is 12.8. The first-order chi connectivity index (χ1) is 20.8. The predicted molar refractivity (Wildman–Crippen MR) is 189 cm³/mol. The summed E-state index contributed by atoms with van der Waals surface area (Å²) in [5, 5.41) is 0. The zero-order chi connectivity index (χ0) is 31.9. The molecule has 5 rings (SSSR count). The van der Waals surface area contributed by atoms with E-state index >= 15 is 0 Å². The Labute approximate surface area is 269 Å². The molecule has 2 aliphatic rings. The Bertz CT molecular complexity index is 1500. The first kappa shape index (κ1) is 33.0. The molecule has 1 aliphatic carbocycles. The minimum Gasteiger partial charge on any atom is -0.399 e. The van der Waals surface area contributed by atoms with Crippen LogP contribution in [0.15, 0.2) is 42.5 Å². The van der Waals surface area contributed by atoms with Crippen molar-refractivity contribution in [2.24, 2.45) is 0 Å². The Morgan fingerprint density at radius 1 is 0.614 bits per heavy atom. The fourth-order valence-electron chi connectivity index (χ4n) is 7.75. The molecule has 3 aromatic carbocycles. The second-order valence-corrected chi connectivity index (χ2v) is 15.0. The van der Waals surface area contributed by atoms with E-state index < -0.39 is 0 Å². The third kappa shape index (κ3) is 5.96. The van der Waals surface area contributed by atoms with Gasteiger partial charge in [0.1, 0.15) is 0 Å². The smallest absolute Gasteiger partial charge is 0.399 e. The number of unbranched alkanes of at least 4 members (excludes halogenated alkanes) is 6. The first-order valence-corrected chi connectivity index (χ1v) is 17.6. The summed E-state index contributed by atoms with van der Waals surface area (Å²) in [4.78, 5) is 0. The molecule has 1 aliphatic heterocycles. The van der Waals surface area contributed by atoms with E-state index in [4.69, 9.17) is 9.31 Å². The van der Waals surface area contributed by atoms with Gasteiger partial charge in [-0.15, -0.1) is 0 Å². The molecule has 0 bridgehead atoms. The zero-order valence-corrected chi connectivity index (χ0v) is 29.5. The topological polar surface area (TPSA) is 18.5 Å². The van der Waals surface area contributed by atoms with Crippen LogP contribution < -0.4 is 5.46 Å². The van der Waals surface area contributed by atoms with Crippen LogP contribution in [0.5, 0.6) is 0 Å². The summed E-state index contributed by atoms with van der Waals surface area (Å²) < 4.78 is 13.8. The van der Waals surface area contributed by atoms with Crippen molar-refractivity contribution in [1.82, 2.24) is 0 Å². The molecule has 0 N–H and O–H groups in total. The third-order valence-electron chi connectivity index (χ3n) is 11.2. The monoisotopic (exact) mass is 592 g/mol. The molecular weight excluding hydrogens is 535 g/mol. The Morgan fingerprint density at radius 2 is 1.23 bits per heavy atom. The normalized spacial score (nSPS) is 22.0. The molecule has 2 nitrogen and oxygen atoms in total. The Hall–Kier alpha value is -2.36. The number of benzene rings is 3. The molecule has 0 radical (unpaired) electrons. The van der Waals surface area contributed by atoms with Crippen LogP contribution in [0.1, 0.15) is 144 Å². The minimum atomic E-state index is -0.366. The van der Waals surface area contributed by atoms with Crippen LogP contribution in [0.3, 0.4) is 0 Å². The van der Waals surface area contributed by atoms with Crippen molar-refractivity contribution in [2.45, 2.75) is 150 Å². The van der Waals surface area contributed by atoms with Gasteiger partial charge in [0.25, 0.3) is 0 Å². The summed E-state index contributed by atoms with van der Waals surface area (Å²) in [7, 11) is -0.366.